The summed E-state index contributed by atoms with van der Waals surface area (Å²) in [6, 6.07) is 6.22. The Morgan fingerprint density at radius 1 is 1.20 bits per heavy atom. The summed E-state index contributed by atoms with van der Waals surface area (Å²) < 4.78 is 25.9. The van der Waals surface area contributed by atoms with Gasteiger partial charge in [-0.2, -0.15) is 0 Å². The van der Waals surface area contributed by atoms with E-state index in [-0.39, 0.29) is 4.90 Å². The molecule has 0 aliphatic carbocycles. The number of sulfonamides is 1. The Bertz CT molecular complexity index is 520. The van der Waals surface area contributed by atoms with Crippen LogP contribution in [-0.4, -0.2) is 18.4 Å². The van der Waals surface area contributed by atoms with Crippen molar-refractivity contribution in [2.75, 3.05) is 4.72 Å². The van der Waals surface area contributed by atoms with Gasteiger partial charge in [0.2, 0.25) is 0 Å². The highest BCUT2D eigenvalue weighted by atomic mass is 32.2. The summed E-state index contributed by atoms with van der Waals surface area (Å²) in [6.07, 6.45) is 4.51. The third kappa shape index (κ3) is 2.16. The molecular formula is C9H9N3O2S. The summed E-state index contributed by atoms with van der Waals surface area (Å²) in [5.41, 5.74) is 0. The molecule has 6 heteroatoms. The monoisotopic (exact) mass is 223 g/mol. The molecule has 78 valence electrons. The van der Waals surface area contributed by atoms with E-state index in [1.165, 1.54) is 24.5 Å². The molecule has 0 radical (unpaired) electrons. The molecular weight excluding hydrogens is 214 g/mol. The molecule has 2 rings (SSSR count). The van der Waals surface area contributed by atoms with Crippen LogP contribution in [0.4, 0.5) is 5.82 Å². The first kappa shape index (κ1) is 9.72. The molecule has 0 saturated carbocycles. The van der Waals surface area contributed by atoms with Crippen LogP contribution >= 0.6 is 0 Å². The van der Waals surface area contributed by atoms with Gasteiger partial charge in [0.25, 0.3) is 10.0 Å². The molecule has 0 aliphatic rings. The first-order valence-corrected chi connectivity index (χ1v) is 5.73. The zero-order chi connectivity index (χ0) is 10.7. The largest absolute Gasteiger partial charge is 0.348 e. The predicted octanol–water partition coefficient (Wildman–Crippen LogP) is 1.21. The van der Waals surface area contributed by atoms with Crippen molar-refractivity contribution in [1.82, 2.24) is 9.97 Å². The minimum Gasteiger partial charge on any atom is -0.348 e. The van der Waals surface area contributed by atoms with Crippen LogP contribution in [0, 0.1) is 0 Å². The summed E-state index contributed by atoms with van der Waals surface area (Å²) in [7, 11) is -3.50. The van der Waals surface area contributed by atoms with E-state index in [1.807, 2.05) is 0 Å². The van der Waals surface area contributed by atoms with Crippen molar-refractivity contribution in [3.8, 4) is 0 Å². The Kier molecular flexibility index (Phi) is 2.42. The van der Waals surface area contributed by atoms with Gasteiger partial charge in [-0.15, -0.1) is 0 Å². The van der Waals surface area contributed by atoms with E-state index in [9.17, 15) is 8.42 Å². The standard InChI is InChI=1S/C9H9N3O2S/c13-15(14,8-3-6-10-7-4-8)12-9-2-1-5-11-9/h1-7,11-12H. The highest BCUT2D eigenvalue weighted by Gasteiger charge is 2.13. The highest BCUT2D eigenvalue weighted by Crippen LogP contribution is 2.12. The lowest BCUT2D eigenvalue weighted by Gasteiger charge is -2.04. The first-order valence-electron chi connectivity index (χ1n) is 4.25. The third-order valence-electron chi connectivity index (χ3n) is 1.80. The van der Waals surface area contributed by atoms with Crippen LogP contribution in [0.2, 0.25) is 0 Å². The lowest BCUT2D eigenvalue weighted by atomic mass is 10.5. The number of aromatic nitrogens is 2. The molecule has 0 saturated heterocycles. The van der Waals surface area contributed by atoms with Crippen LogP contribution in [0.5, 0.6) is 0 Å². The third-order valence-corrected chi connectivity index (χ3v) is 3.18. The number of hydrogen-bond donors (Lipinski definition) is 2. The molecule has 2 heterocycles. The normalized spacial score (nSPS) is 11.2. The number of hydrogen-bond acceptors (Lipinski definition) is 3. The van der Waals surface area contributed by atoms with Gasteiger partial charge in [0.1, 0.15) is 5.82 Å². The topological polar surface area (TPSA) is 74.8 Å². The summed E-state index contributed by atoms with van der Waals surface area (Å²) >= 11 is 0. The zero-order valence-corrected chi connectivity index (χ0v) is 8.53. The van der Waals surface area contributed by atoms with Gasteiger partial charge in [-0.05, 0) is 24.3 Å². The smallest absolute Gasteiger partial charge is 0.263 e. The summed E-state index contributed by atoms with van der Waals surface area (Å²) in [4.78, 5) is 6.70. The molecule has 0 aliphatic heterocycles. The van der Waals surface area contributed by atoms with E-state index in [1.54, 1.807) is 18.3 Å². The van der Waals surface area contributed by atoms with Crippen LogP contribution in [0.1, 0.15) is 0 Å². The second-order valence-corrected chi connectivity index (χ2v) is 4.55. The maximum atomic E-state index is 11.7. The van der Waals surface area contributed by atoms with E-state index < -0.39 is 10.0 Å². The molecule has 2 aromatic heterocycles. The molecule has 0 unspecified atom stereocenters. The molecule has 0 bridgehead atoms. The van der Waals surface area contributed by atoms with Crippen molar-refractivity contribution >= 4 is 15.8 Å². The van der Waals surface area contributed by atoms with E-state index in [0.717, 1.165) is 0 Å². The number of nitrogens with one attached hydrogen (secondary N) is 2. The minimum absolute atomic E-state index is 0.187. The van der Waals surface area contributed by atoms with Gasteiger partial charge in [0.05, 0.1) is 4.90 Å². The van der Waals surface area contributed by atoms with Gasteiger partial charge >= 0.3 is 0 Å². The number of pyridine rings is 1. The molecule has 0 atom stereocenters. The highest BCUT2D eigenvalue weighted by molar-refractivity contribution is 7.92. The maximum Gasteiger partial charge on any atom is 0.263 e. The second-order valence-electron chi connectivity index (χ2n) is 2.87. The van der Waals surface area contributed by atoms with Gasteiger partial charge in [0, 0.05) is 18.6 Å². The molecule has 0 spiro atoms. The van der Waals surface area contributed by atoms with E-state index in [4.69, 9.17) is 0 Å². The van der Waals surface area contributed by atoms with Gasteiger partial charge in [0.15, 0.2) is 0 Å². The van der Waals surface area contributed by atoms with Crippen LogP contribution < -0.4 is 4.72 Å². The van der Waals surface area contributed by atoms with Gasteiger partial charge < -0.3 is 4.98 Å². The summed E-state index contributed by atoms with van der Waals surface area (Å²) in [6.45, 7) is 0. The Balaban J connectivity index is 2.29. The Hall–Kier alpha value is -1.82. The Morgan fingerprint density at radius 2 is 1.93 bits per heavy atom. The molecule has 0 amide bonds. The number of nitrogens with zero attached hydrogens (tertiary/aromatic N) is 1. The molecule has 2 N–H and O–H groups in total. The Morgan fingerprint density at radius 3 is 2.53 bits per heavy atom. The van der Waals surface area contributed by atoms with Gasteiger partial charge in [-0.1, -0.05) is 0 Å². The van der Waals surface area contributed by atoms with Crippen molar-refractivity contribution < 1.29 is 8.42 Å². The first-order chi connectivity index (χ1) is 7.18. The Labute approximate surface area is 87.2 Å². The fourth-order valence-corrected chi connectivity index (χ4v) is 2.13. The fourth-order valence-electron chi connectivity index (χ4n) is 1.11. The van der Waals surface area contributed by atoms with E-state index in [2.05, 4.69) is 14.7 Å². The second kappa shape index (κ2) is 3.74. The van der Waals surface area contributed by atoms with Crippen LogP contribution in [0.3, 0.4) is 0 Å². The van der Waals surface area contributed by atoms with E-state index in [0.29, 0.717) is 5.82 Å². The van der Waals surface area contributed by atoms with Crippen molar-refractivity contribution in [3.63, 3.8) is 0 Å². The average Bonchev–Trinajstić information content (AvgIpc) is 2.71. The fraction of sp³-hybridized carbons (Fsp3) is 0. The summed E-state index contributed by atoms with van der Waals surface area (Å²) in [5, 5.41) is 0. The average molecular weight is 223 g/mol. The molecule has 2 aromatic rings. The zero-order valence-electron chi connectivity index (χ0n) is 7.71. The summed E-state index contributed by atoms with van der Waals surface area (Å²) in [5.74, 6) is 0.437. The maximum absolute atomic E-state index is 11.7. The van der Waals surface area contributed by atoms with E-state index >= 15 is 0 Å². The van der Waals surface area contributed by atoms with Crippen molar-refractivity contribution in [1.29, 1.82) is 0 Å². The van der Waals surface area contributed by atoms with Crippen molar-refractivity contribution in [3.05, 3.63) is 42.9 Å². The lowest BCUT2D eigenvalue weighted by molar-refractivity contribution is 0.601. The van der Waals surface area contributed by atoms with Crippen LogP contribution in [0.15, 0.2) is 47.8 Å². The lowest BCUT2D eigenvalue weighted by Crippen LogP contribution is -2.12. The predicted molar refractivity (Wildman–Crippen MR) is 55.8 cm³/mol. The molecule has 5 nitrogen and oxygen atoms in total. The number of anilines is 1. The molecule has 0 aromatic carbocycles. The molecule has 15 heavy (non-hydrogen) atoms. The molecule has 0 fully saturated rings. The number of H-pyrrole nitrogens is 1. The van der Waals surface area contributed by atoms with Gasteiger partial charge in [-0.25, -0.2) is 8.42 Å². The number of rotatable bonds is 3. The number of aromatic amines is 1. The van der Waals surface area contributed by atoms with Crippen LogP contribution in [-0.2, 0) is 10.0 Å². The SMILES string of the molecule is O=S(=O)(Nc1ccc[nH]1)c1ccncc1. The minimum atomic E-state index is -3.50. The van der Waals surface area contributed by atoms with Crippen molar-refractivity contribution in [2.24, 2.45) is 0 Å². The van der Waals surface area contributed by atoms with Gasteiger partial charge in [-0.3, -0.25) is 9.71 Å². The quantitative estimate of drug-likeness (QED) is 0.821. The van der Waals surface area contributed by atoms with Crippen molar-refractivity contribution in [2.45, 2.75) is 4.90 Å². The van der Waals surface area contributed by atoms with Crippen LogP contribution in [0.25, 0.3) is 0 Å².